The number of nitrogens with one attached hydrogen (secondary N) is 1. The third-order valence-corrected chi connectivity index (χ3v) is 8.99. The van der Waals surface area contributed by atoms with Gasteiger partial charge in [0.05, 0.1) is 47.6 Å². The molecule has 1 aliphatic heterocycles. The van der Waals surface area contributed by atoms with Crippen LogP contribution in [0.2, 0.25) is 0 Å². The Bertz CT molecular complexity index is 1370. The van der Waals surface area contributed by atoms with Crippen LogP contribution in [0.1, 0.15) is 84.5 Å². The lowest BCUT2D eigenvalue weighted by molar-refractivity contribution is -0.115. The van der Waals surface area contributed by atoms with Crippen molar-refractivity contribution in [3.05, 3.63) is 52.1 Å². The lowest BCUT2D eigenvalue weighted by atomic mass is 9.95. The summed E-state index contributed by atoms with van der Waals surface area (Å²) in [6.45, 7) is 10.7. The van der Waals surface area contributed by atoms with Gasteiger partial charge in [0.1, 0.15) is 0 Å². The van der Waals surface area contributed by atoms with Crippen LogP contribution in [0.25, 0.3) is 0 Å². The van der Waals surface area contributed by atoms with Crippen LogP contribution in [-0.4, -0.2) is 55.8 Å². The molecule has 9 nitrogen and oxygen atoms in total. The number of ether oxygens (including phenoxy) is 2. The Hall–Kier alpha value is -3.40. The van der Waals surface area contributed by atoms with Crippen molar-refractivity contribution in [2.24, 2.45) is 0 Å². The summed E-state index contributed by atoms with van der Waals surface area (Å²) in [4.78, 5) is 41.2. The van der Waals surface area contributed by atoms with E-state index in [1.807, 2.05) is 13.8 Å². The second-order valence-electron chi connectivity index (χ2n) is 9.44. The summed E-state index contributed by atoms with van der Waals surface area (Å²) < 4.78 is 37.3. The summed E-state index contributed by atoms with van der Waals surface area (Å²) in [6.07, 6.45) is 0.723. The topological polar surface area (TPSA) is 119 Å². The summed E-state index contributed by atoms with van der Waals surface area (Å²) in [7, 11) is -2.21. The van der Waals surface area contributed by atoms with Crippen molar-refractivity contribution in [2.75, 3.05) is 24.8 Å². The number of carbonyl (C=O) groups excluding carboxylic acids is 3. The van der Waals surface area contributed by atoms with Crippen LogP contribution in [0.3, 0.4) is 0 Å². The molecule has 206 valence electrons. The van der Waals surface area contributed by atoms with Crippen LogP contribution in [-0.2, 0) is 21.1 Å². The highest BCUT2D eigenvalue weighted by atomic mass is 32.2. The summed E-state index contributed by atoms with van der Waals surface area (Å²) in [6, 6.07) is 5.38. The van der Waals surface area contributed by atoms with E-state index in [2.05, 4.69) is 5.32 Å². The molecule has 0 radical (unpaired) electrons. The van der Waals surface area contributed by atoms with Crippen molar-refractivity contribution in [3.8, 4) is 11.5 Å². The zero-order chi connectivity index (χ0) is 28.4. The molecule has 3 amide bonds. The normalized spacial score (nSPS) is 14.1. The molecule has 2 aromatic rings. The number of carbonyl (C=O) groups is 3. The van der Waals surface area contributed by atoms with Crippen molar-refractivity contribution in [1.29, 1.82) is 0 Å². The van der Waals surface area contributed by atoms with Gasteiger partial charge >= 0.3 is 0 Å². The van der Waals surface area contributed by atoms with Crippen LogP contribution in [0.4, 0.5) is 5.69 Å². The molecular weight excluding hydrogens is 508 g/mol. The fourth-order valence-corrected chi connectivity index (χ4v) is 5.76. The predicted molar refractivity (Wildman–Crippen MR) is 146 cm³/mol. The Labute approximate surface area is 224 Å². The molecule has 10 heteroatoms. The predicted octanol–water partition coefficient (Wildman–Crippen LogP) is 4.47. The van der Waals surface area contributed by atoms with E-state index in [9.17, 15) is 22.8 Å². The van der Waals surface area contributed by atoms with Crippen molar-refractivity contribution < 1.29 is 32.3 Å². The van der Waals surface area contributed by atoms with E-state index in [0.29, 0.717) is 35.8 Å². The van der Waals surface area contributed by atoms with Gasteiger partial charge in [-0.05, 0) is 69.0 Å². The van der Waals surface area contributed by atoms with Crippen LogP contribution in [0, 0.1) is 6.92 Å². The van der Waals surface area contributed by atoms with Gasteiger partial charge in [0.15, 0.2) is 21.3 Å². The minimum atomic E-state index is -3.70. The molecule has 0 saturated carbocycles. The van der Waals surface area contributed by atoms with Gasteiger partial charge in [-0.3, -0.25) is 19.3 Å². The molecule has 0 spiro atoms. The number of hydrogen-bond acceptors (Lipinski definition) is 7. The molecule has 0 bridgehead atoms. The zero-order valence-electron chi connectivity index (χ0n) is 23.0. The molecule has 0 unspecified atom stereocenters. The molecular formula is C28H36N2O7S. The first-order valence-electron chi connectivity index (χ1n) is 12.8. The highest BCUT2D eigenvalue weighted by Crippen LogP contribution is 2.41. The van der Waals surface area contributed by atoms with Crippen molar-refractivity contribution in [2.45, 2.75) is 65.7 Å². The number of sulfone groups is 1. The maximum absolute atomic E-state index is 14.0. The number of aryl methyl sites for hydroxylation is 1. The highest BCUT2D eigenvalue weighted by Gasteiger charge is 2.45. The number of amides is 3. The number of anilines is 1. The molecule has 1 aliphatic rings. The summed E-state index contributed by atoms with van der Waals surface area (Å²) in [5.41, 5.74) is 2.47. The Morgan fingerprint density at radius 2 is 1.74 bits per heavy atom. The molecule has 0 saturated heterocycles. The van der Waals surface area contributed by atoms with E-state index in [0.717, 1.165) is 16.0 Å². The minimum Gasteiger partial charge on any atom is -0.493 e. The average Bonchev–Trinajstić information content (AvgIpc) is 3.11. The Balaban J connectivity index is 2.24. The smallest absolute Gasteiger partial charge is 0.264 e. The van der Waals surface area contributed by atoms with Gasteiger partial charge in [0, 0.05) is 6.42 Å². The first-order chi connectivity index (χ1) is 17.9. The van der Waals surface area contributed by atoms with E-state index in [-0.39, 0.29) is 23.5 Å². The number of methoxy groups -OCH3 is 1. The molecule has 1 atom stereocenters. The maximum atomic E-state index is 14.0. The number of fused-ring (bicyclic) bond motifs is 1. The fourth-order valence-electron chi connectivity index (χ4n) is 4.60. The van der Waals surface area contributed by atoms with Crippen molar-refractivity contribution >= 4 is 33.2 Å². The Morgan fingerprint density at radius 3 is 2.29 bits per heavy atom. The second-order valence-corrected chi connectivity index (χ2v) is 12.0. The molecule has 0 aromatic heterocycles. The Kier molecular flexibility index (Phi) is 8.86. The second kappa shape index (κ2) is 11.6. The van der Waals surface area contributed by atoms with Crippen LogP contribution in [0.5, 0.6) is 11.5 Å². The zero-order valence-corrected chi connectivity index (χ0v) is 23.8. The first kappa shape index (κ1) is 29.2. The molecule has 2 aromatic carbocycles. The van der Waals surface area contributed by atoms with E-state index in [1.165, 1.54) is 7.11 Å². The van der Waals surface area contributed by atoms with E-state index in [1.54, 1.807) is 52.0 Å². The average molecular weight is 545 g/mol. The van der Waals surface area contributed by atoms with Gasteiger partial charge in [0.2, 0.25) is 5.91 Å². The number of nitrogens with zero attached hydrogens (tertiary/aromatic N) is 1. The van der Waals surface area contributed by atoms with Crippen LogP contribution < -0.4 is 14.8 Å². The number of rotatable bonds is 11. The Morgan fingerprint density at radius 1 is 1.05 bits per heavy atom. The van der Waals surface area contributed by atoms with Gasteiger partial charge in [-0.2, -0.15) is 0 Å². The van der Waals surface area contributed by atoms with Gasteiger partial charge in [-0.15, -0.1) is 0 Å². The molecule has 38 heavy (non-hydrogen) atoms. The molecule has 0 aliphatic carbocycles. The lowest BCUT2D eigenvalue weighted by Gasteiger charge is -2.28. The molecule has 0 fully saturated rings. The fraction of sp³-hybridized carbons (Fsp3) is 0.464. The van der Waals surface area contributed by atoms with Gasteiger partial charge in [-0.25, -0.2) is 8.42 Å². The van der Waals surface area contributed by atoms with E-state index < -0.39 is 38.7 Å². The highest BCUT2D eigenvalue weighted by molar-refractivity contribution is 7.92. The molecule has 1 heterocycles. The molecule has 1 N–H and O–H groups in total. The van der Waals surface area contributed by atoms with Gasteiger partial charge in [-0.1, -0.05) is 19.9 Å². The van der Waals surface area contributed by atoms with Crippen molar-refractivity contribution in [1.82, 2.24) is 4.90 Å². The third kappa shape index (κ3) is 5.41. The monoisotopic (exact) mass is 544 g/mol. The first-order valence-corrected chi connectivity index (χ1v) is 14.5. The van der Waals surface area contributed by atoms with Crippen molar-refractivity contribution in [3.63, 3.8) is 0 Å². The van der Waals surface area contributed by atoms with Crippen LogP contribution in [0.15, 0.2) is 24.3 Å². The summed E-state index contributed by atoms with van der Waals surface area (Å²) in [5.74, 6) is -1.21. The van der Waals surface area contributed by atoms with Gasteiger partial charge in [0.25, 0.3) is 11.8 Å². The SMILES string of the molecule is CCOc1cc([C@@H](CS(=O)(=O)C(C)C)N2C(=O)c3cc(C)c(CC)c(NC(=O)CC)c3C2=O)ccc1OC. The summed E-state index contributed by atoms with van der Waals surface area (Å²) in [5, 5.41) is 2.09. The number of imide groups is 1. The third-order valence-electron chi connectivity index (χ3n) is 6.77. The van der Waals surface area contributed by atoms with E-state index in [4.69, 9.17) is 9.47 Å². The van der Waals surface area contributed by atoms with E-state index >= 15 is 0 Å². The molecule has 3 rings (SSSR count). The largest absolute Gasteiger partial charge is 0.493 e. The number of hydrogen-bond donors (Lipinski definition) is 1. The number of benzene rings is 2. The van der Waals surface area contributed by atoms with Crippen LogP contribution >= 0.6 is 0 Å². The summed E-state index contributed by atoms with van der Waals surface area (Å²) >= 11 is 0. The lowest BCUT2D eigenvalue weighted by Crippen LogP contribution is -2.39. The maximum Gasteiger partial charge on any atom is 0.264 e. The standard InChI is InChI=1S/C28H36N2O7S/c1-8-19-17(6)13-20-25(26(19)29-24(31)9-2)28(33)30(27(20)32)21(15-38(34,35)16(4)5)18-11-12-22(36-7)23(14-18)37-10-3/h11-14,16,21H,8-10,15H2,1-7H3,(H,29,31)/t21-/m1/s1. The quantitative estimate of drug-likeness (QED) is 0.415. The minimum absolute atomic E-state index is 0.0877. The van der Waals surface area contributed by atoms with Gasteiger partial charge < -0.3 is 14.8 Å².